The highest BCUT2D eigenvalue weighted by Gasteiger charge is 2.35. The molecular formula is C39H47F3N10O4. The zero-order valence-corrected chi connectivity index (χ0v) is 31.7. The Morgan fingerprint density at radius 1 is 1.04 bits per heavy atom. The van der Waals surface area contributed by atoms with Crippen molar-refractivity contribution < 1.29 is 32.3 Å². The number of anilines is 4. The van der Waals surface area contributed by atoms with Crippen molar-refractivity contribution in [2.45, 2.75) is 75.7 Å². The van der Waals surface area contributed by atoms with E-state index in [1.807, 2.05) is 30.1 Å². The summed E-state index contributed by atoms with van der Waals surface area (Å²) in [6.07, 6.45) is 5.06. The summed E-state index contributed by atoms with van der Waals surface area (Å²) in [6, 6.07) is 10.9. The van der Waals surface area contributed by atoms with Crippen molar-refractivity contribution in [3.05, 3.63) is 60.3 Å². The molecule has 56 heavy (non-hydrogen) atoms. The van der Waals surface area contributed by atoms with Crippen molar-refractivity contribution in [1.29, 1.82) is 0 Å². The summed E-state index contributed by atoms with van der Waals surface area (Å²) < 4.78 is 46.8. The molecule has 1 saturated carbocycles. The summed E-state index contributed by atoms with van der Waals surface area (Å²) in [5.41, 5.74) is 3.46. The van der Waals surface area contributed by atoms with Gasteiger partial charge in [-0.2, -0.15) is 18.3 Å². The minimum absolute atomic E-state index is 0.222. The molecule has 2 aliphatic heterocycles. The molecule has 4 aromatic rings. The summed E-state index contributed by atoms with van der Waals surface area (Å²) in [7, 11) is 5.57. The lowest BCUT2D eigenvalue weighted by atomic mass is 9.85. The Morgan fingerprint density at radius 2 is 1.80 bits per heavy atom. The second-order valence-electron chi connectivity index (χ2n) is 14.9. The number of ether oxygens (including phenoxy) is 1. The first-order chi connectivity index (χ1) is 26.9. The number of rotatable bonds is 11. The van der Waals surface area contributed by atoms with Gasteiger partial charge in [-0.1, -0.05) is 6.07 Å². The first-order valence-corrected chi connectivity index (χ1v) is 19.0. The number of fused-ring (bicyclic) bond motifs is 1. The molecule has 4 heterocycles. The molecule has 14 nitrogen and oxygen atoms in total. The number of nitrogens with one attached hydrogen (secondary N) is 4. The van der Waals surface area contributed by atoms with Gasteiger partial charge in [0.25, 0.3) is 5.91 Å². The Kier molecular flexibility index (Phi) is 11.3. The predicted octanol–water partition coefficient (Wildman–Crippen LogP) is 5.70. The van der Waals surface area contributed by atoms with Crippen LogP contribution in [0.25, 0.3) is 10.9 Å². The third-order valence-corrected chi connectivity index (χ3v) is 11.3. The van der Waals surface area contributed by atoms with Gasteiger partial charge < -0.3 is 30.5 Å². The van der Waals surface area contributed by atoms with Crippen LogP contribution in [0.4, 0.5) is 35.9 Å². The number of nitrogens with zero attached hydrogens (tertiary/aromatic N) is 6. The quantitative estimate of drug-likeness (QED) is 0.139. The maximum atomic E-state index is 13.1. The zero-order chi connectivity index (χ0) is 39.6. The largest absolute Gasteiger partial charge is 0.494 e. The van der Waals surface area contributed by atoms with Crippen molar-refractivity contribution in [3.63, 3.8) is 0 Å². The minimum atomic E-state index is -4.77. The summed E-state index contributed by atoms with van der Waals surface area (Å²) in [6.45, 7) is 2.87. The number of halogens is 3. The van der Waals surface area contributed by atoms with E-state index in [-0.39, 0.29) is 17.9 Å². The molecule has 4 N–H and O–H groups in total. The van der Waals surface area contributed by atoms with Crippen molar-refractivity contribution in [1.82, 2.24) is 30.0 Å². The van der Waals surface area contributed by atoms with Gasteiger partial charge >= 0.3 is 6.18 Å². The molecule has 17 heteroatoms. The Labute approximate surface area is 322 Å². The fourth-order valence-electron chi connectivity index (χ4n) is 8.23. The van der Waals surface area contributed by atoms with E-state index < -0.39 is 29.6 Å². The van der Waals surface area contributed by atoms with Gasteiger partial charge in [-0.05, 0) is 82.2 Å². The number of benzene rings is 2. The van der Waals surface area contributed by atoms with Crippen LogP contribution >= 0.6 is 0 Å². The van der Waals surface area contributed by atoms with E-state index >= 15 is 0 Å². The average Bonchev–Trinajstić information content (AvgIpc) is 3.61. The maximum absolute atomic E-state index is 13.1. The van der Waals surface area contributed by atoms with E-state index in [9.17, 15) is 27.6 Å². The molecule has 1 atom stereocenters. The molecule has 7 rings (SSSR count). The van der Waals surface area contributed by atoms with Crippen LogP contribution in [0.1, 0.15) is 73.7 Å². The summed E-state index contributed by atoms with van der Waals surface area (Å²) >= 11 is 0. The maximum Gasteiger partial charge on any atom is 0.451 e. The second kappa shape index (κ2) is 16.3. The molecule has 1 aliphatic carbocycles. The molecule has 2 saturated heterocycles. The monoisotopic (exact) mass is 776 g/mol. The Balaban J connectivity index is 0.915. The molecule has 0 spiro atoms. The van der Waals surface area contributed by atoms with Crippen molar-refractivity contribution >= 4 is 51.4 Å². The highest BCUT2D eigenvalue weighted by Crippen LogP contribution is 2.38. The van der Waals surface area contributed by atoms with Crippen molar-refractivity contribution in [2.75, 3.05) is 61.7 Å². The Hall–Kier alpha value is -5.45. The summed E-state index contributed by atoms with van der Waals surface area (Å²) in [4.78, 5) is 48.4. The van der Waals surface area contributed by atoms with Crippen LogP contribution in [0.2, 0.25) is 0 Å². The molecule has 3 aliphatic rings. The molecule has 2 aromatic heterocycles. The molecule has 1 unspecified atom stereocenters. The van der Waals surface area contributed by atoms with Gasteiger partial charge in [0.2, 0.25) is 17.6 Å². The number of methoxy groups -OCH3 is 1. The fourth-order valence-corrected chi connectivity index (χ4v) is 8.23. The highest BCUT2D eigenvalue weighted by molar-refractivity contribution is 6.05. The molecule has 0 radical (unpaired) electrons. The lowest BCUT2D eigenvalue weighted by Crippen LogP contribution is -2.47. The predicted molar refractivity (Wildman–Crippen MR) is 206 cm³/mol. The first kappa shape index (κ1) is 38.8. The number of imide groups is 1. The van der Waals surface area contributed by atoms with Crippen LogP contribution < -0.4 is 30.9 Å². The van der Waals surface area contributed by atoms with Crippen LogP contribution in [0.15, 0.2) is 48.8 Å². The number of alkyl halides is 3. The molecule has 298 valence electrons. The van der Waals surface area contributed by atoms with E-state index in [0.717, 1.165) is 92.9 Å². The van der Waals surface area contributed by atoms with E-state index in [4.69, 9.17) is 9.84 Å². The minimum Gasteiger partial charge on any atom is -0.494 e. The van der Waals surface area contributed by atoms with Crippen molar-refractivity contribution in [2.24, 2.45) is 5.92 Å². The number of hydrogen-bond acceptors (Lipinski definition) is 11. The molecule has 0 bridgehead atoms. The van der Waals surface area contributed by atoms with Gasteiger partial charge in [0, 0.05) is 63.0 Å². The number of para-hydroxylation sites is 1. The molecule has 3 fully saturated rings. The standard InChI is InChI=1S/C39H47F3N10O4/c1-43-35-27(45-28-11-12-34(53)48-37(28)55)5-4-6-32(35)51-17-14-25(15-18-51)50(2)21-23-7-9-26(10-8-23)52-22-24-19-31(33(56-3)20-30(24)49-52)46-36(54)29-13-16-44-38(47-29)39(40,41)42/h4-6,13,16,19-20,22-23,25-26,28,43,45H,7-12,14-15,17-18,21H2,1-3H3,(H,46,54)(H,48,53,55). The summed E-state index contributed by atoms with van der Waals surface area (Å²) in [5, 5.41) is 17.3. The van der Waals surface area contributed by atoms with Gasteiger partial charge in [-0.25, -0.2) is 9.97 Å². The average molecular weight is 777 g/mol. The van der Waals surface area contributed by atoms with Gasteiger partial charge in [-0.3, -0.25) is 24.4 Å². The van der Waals surface area contributed by atoms with E-state index in [1.165, 1.54) is 7.11 Å². The van der Waals surface area contributed by atoms with E-state index in [2.05, 4.69) is 54.1 Å². The van der Waals surface area contributed by atoms with Gasteiger partial charge in [-0.15, -0.1) is 0 Å². The number of carbonyl (C=O) groups is 3. The zero-order valence-electron chi connectivity index (χ0n) is 31.7. The molecule has 3 amide bonds. The highest BCUT2D eigenvalue weighted by atomic mass is 19.4. The Bertz CT molecular complexity index is 2080. The third-order valence-electron chi connectivity index (χ3n) is 11.3. The van der Waals surface area contributed by atoms with Crippen molar-refractivity contribution in [3.8, 4) is 5.75 Å². The first-order valence-electron chi connectivity index (χ1n) is 19.0. The van der Waals surface area contributed by atoms with Crippen LogP contribution in [0.3, 0.4) is 0 Å². The third kappa shape index (κ3) is 8.51. The lowest BCUT2D eigenvalue weighted by Gasteiger charge is -2.40. The van der Waals surface area contributed by atoms with Crippen LogP contribution in [0.5, 0.6) is 5.75 Å². The van der Waals surface area contributed by atoms with Crippen LogP contribution in [-0.4, -0.2) is 95.3 Å². The number of hydrogen-bond donors (Lipinski definition) is 4. The van der Waals surface area contributed by atoms with Crippen LogP contribution in [0, 0.1) is 5.92 Å². The normalized spacial score (nSPS) is 20.9. The number of aromatic nitrogens is 4. The summed E-state index contributed by atoms with van der Waals surface area (Å²) in [5.74, 6) is -1.82. The molecule has 2 aromatic carbocycles. The van der Waals surface area contributed by atoms with Gasteiger partial charge in [0.1, 0.15) is 17.5 Å². The fraction of sp³-hybridized carbons (Fsp3) is 0.487. The van der Waals surface area contributed by atoms with Gasteiger partial charge in [0.05, 0.1) is 41.4 Å². The van der Waals surface area contributed by atoms with E-state index in [0.29, 0.717) is 41.8 Å². The smallest absolute Gasteiger partial charge is 0.451 e. The number of amides is 3. The molecular weight excluding hydrogens is 729 g/mol. The Morgan fingerprint density at radius 3 is 2.50 bits per heavy atom. The van der Waals surface area contributed by atoms with E-state index in [1.54, 1.807) is 12.1 Å². The second-order valence-corrected chi connectivity index (χ2v) is 14.9. The van der Waals surface area contributed by atoms with Crippen LogP contribution in [-0.2, 0) is 15.8 Å². The topological polar surface area (TPSA) is 159 Å². The van der Waals surface area contributed by atoms with Gasteiger partial charge in [0.15, 0.2) is 0 Å². The number of piperidine rings is 2. The number of carbonyl (C=O) groups excluding carboxylic acids is 3. The lowest BCUT2D eigenvalue weighted by molar-refractivity contribution is -0.145. The SMILES string of the molecule is CNc1c(NC2CCC(=O)NC2=O)cccc1N1CCC(N(C)CC2CCC(n3cc4cc(NC(=O)c5ccnc(C(F)(F)F)n5)c(OC)cc4n3)CC2)CC1.